The first kappa shape index (κ1) is 19.8. The van der Waals surface area contributed by atoms with Gasteiger partial charge in [-0.15, -0.1) is 0 Å². The summed E-state index contributed by atoms with van der Waals surface area (Å²) in [5, 5.41) is 0.943. The average Bonchev–Trinajstić information content (AvgIpc) is 3.31. The standard InChI is InChI=1S/C23H27N5O3/c24-22(29)16-7-9-28(15-16)17-3-5-18(6-4-17)31-23-19-2-1-8-25-20(19)14-21(26-23)27-10-12-30-13-11-27/h1-2,7-9,14-15,17-18H,3-6,10-13H2,(H2,24,29). The van der Waals surface area contributed by atoms with Gasteiger partial charge in [-0.25, -0.2) is 0 Å². The van der Waals surface area contributed by atoms with E-state index in [0.717, 1.165) is 55.5 Å². The van der Waals surface area contributed by atoms with Crippen LogP contribution in [-0.2, 0) is 4.74 Å². The van der Waals surface area contributed by atoms with Crippen molar-refractivity contribution in [3.63, 3.8) is 0 Å². The molecule has 8 nitrogen and oxygen atoms in total. The maximum absolute atomic E-state index is 11.4. The Morgan fingerprint density at radius 3 is 2.71 bits per heavy atom. The van der Waals surface area contributed by atoms with Crippen LogP contribution in [0.15, 0.2) is 42.9 Å². The van der Waals surface area contributed by atoms with E-state index in [-0.39, 0.29) is 12.0 Å². The molecule has 0 unspecified atom stereocenters. The van der Waals surface area contributed by atoms with Gasteiger partial charge in [-0.1, -0.05) is 0 Å². The Hall–Kier alpha value is -3.13. The smallest absolute Gasteiger partial charge is 0.250 e. The summed E-state index contributed by atoms with van der Waals surface area (Å²) in [7, 11) is 0. The second kappa shape index (κ2) is 8.55. The Morgan fingerprint density at radius 2 is 1.97 bits per heavy atom. The van der Waals surface area contributed by atoms with Gasteiger partial charge in [0.15, 0.2) is 0 Å². The second-order valence-electron chi connectivity index (χ2n) is 8.22. The van der Waals surface area contributed by atoms with Crippen LogP contribution in [0.25, 0.3) is 10.9 Å². The fraction of sp³-hybridized carbons (Fsp3) is 0.435. The summed E-state index contributed by atoms with van der Waals surface area (Å²) in [6.45, 7) is 3.05. The van der Waals surface area contributed by atoms with E-state index in [2.05, 4.69) is 14.5 Å². The lowest BCUT2D eigenvalue weighted by molar-refractivity contribution is 0.0999. The molecular formula is C23H27N5O3. The Morgan fingerprint density at radius 1 is 1.16 bits per heavy atom. The normalized spacial score (nSPS) is 21.9. The van der Waals surface area contributed by atoms with Crippen molar-refractivity contribution in [3.8, 4) is 5.88 Å². The van der Waals surface area contributed by atoms with Crippen LogP contribution >= 0.6 is 0 Å². The minimum atomic E-state index is -0.387. The molecule has 5 rings (SSSR count). The van der Waals surface area contributed by atoms with Crippen molar-refractivity contribution < 1.29 is 14.3 Å². The number of ether oxygens (including phenoxy) is 2. The van der Waals surface area contributed by atoms with Gasteiger partial charge in [-0.2, -0.15) is 4.98 Å². The van der Waals surface area contributed by atoms with Crippen molar-refractivity contribution in [1.29, 1.82) is 0 Å². The van der Waals surface area contributed by atoms with E-state index in [4.69, 9.17) is 20.2 Å². The molecular weight excluding hydrogens is 394 g/mol. The molecule has 0 aromatic carbocycles. The summed E-state index contributed by atoms with van der Waals surface area (Å²) < 4.78 is 14.0. The van der Waals surface area contributed by atoms with Gasteiger partial charge < -0.3 is 24.7 Å². The van der Waals surface area contributed by atoms with E-state index in [1.165, 1.54) is 0 Å². The van der Waals surface area contributed by atoms with E-state index in [1.807, 2.05) is 30.6 Å². The lowest BCUT2D eigenvalue weighted by Crippen LogP contribution is -2.36. The number of carbonyl (C=O) groups excluding carboxylic acids is 1. The average molecular weight is 422 g/mol. The fourth-order valence-corrected chi connectivity index (χ4v) is 4.48. The topological polar surface area (TPSA) is 95.5 Å². The number of nitrogens with two attached hydrogens (primary N) is 1. The SMILES string of the molecule is NC(=O)c1ccn(C2CCC(Oc3nc(N4CCOCC4)cc4ncccc34)CC2)c1. The predicted molar refractivity (Wildman–Crippen MR) is 117 cm³/mol. The number of anilines is 1. The number of fused-ring (bicyclic) bond motifs is 1. The van der Waals surface area contributed by atoms with Crippen LogP contribution in [0.5, 0.6) is 5.88 Å². The van der Waals surface area contributed by atoms with Crippen molar-refractivity contribution in [3.05, 3.63) is 48.4 Å². The number of pyridine rings is 2. The third kappa shape index (κ3) is 4.20. The lowest BCUT2D eigenvalue weighted by Gasteiger charge is -2.31. The molecule has 8 heteroatoms. The van der Waals surface area contributed by atoms with E-state index >= 15 is 0 Å². The Kier molecular flexibility index (Phi) is 5.46. The van der Waals surface area contributed by atoms with Gasteiger partial charge in [0.1, 0.15) is 11.9 Å². The summed E-state index contributed by atoms with van der Waals surface area (Å²) in [4.78, 5) is 23.0. The molecule has 3 aromatic rings. The molecule has 31 heavy (non-hydrogen) atoms. The fourth-order valence-electron chi connectivity index (χ4n) is 4.48. The van der Waals surface area contributed by atoms with E-state index in [1.54, 1.807) is 12.3 Å². The molecule has 1 aliphatic heterocycles. The Bertz CT molecular complexity index is 1070. The van der Waals surface area contributed by atoms with Crippen LogP contribution in [0.3, 0.4) is 0 Å². The number of hydrogen-bond donors (Lipinski definition) is 1. The largest absolute Gasteiger partial charge is 0.474 e. The van der Waals surface area contributed by atoms with Crippen molar-refractivity contribution in [1.82, 2.24) is 14.5 Å². The summed E-state index contributed by atoms with van der Waals surface area (Å²) in [5.41, 5.74) is 6.84. The molecule has 3 aromatic heterocycles. The highest BCUT2D eigenvalue weighted by Crippen LogP contribution is 2.34. The van der Waals surface area contributed by atoms with E-state index in [9.17, 15) is 4.79 Å². The summed E-state index contributed by atoms with van der Waals surface area (Å²) in [6, 6.07) is 8.12. The highest BCUT2D eigenvalue weighted by atomic mass is 16.5. The zero-order valence-corrected chi connectivity index (χ0v) is 17.4. The van der Waals surface area contributed by atoms with Crippen LogP contribution in [0.2, 0.25) is 0 Å². The molecule has 4 heterocycles. The molecule has 1 aliphatic carbocycles. The van der Waals surface area contributed by atoms with E-state index < -0.39 is 0 Å². The first-order valence-electron chi connectivity index (χ1n) is 10.9. The van der Waals surface area contributed by atoms with Gasteiger partial charge in [0.25, 0.3) is 0 Å². The number of nitrogens with zero attached hydrogens (tertiary/aromatic N) is 4. The van der Waals surface area contributed by atoms with Crippen LogP contribution in [0.4, 0.5) is 5.82 Å². The molecule has 0 radical (unpaired) electrons. The minimum absolute atomic E-state index is 0.110. The molecule has 2 aliphatic rings. The lowest BCUT2D eigenvalue weighted by atomic mass is 9.93. The molecule has 0 atom stereocenters. The van der Waals surface area contributed by atoms with Crippen LogP contribution in [-0.4, -0.2) is 52.8 Å². The van der Waals surface area contributed by atoms with Crippen molar-refractivity contribution >= 4 is 22.6 Å². The molecule has 1 amide bonds. The van der Waals surface area contributed by atoms with Gasteiger partial charge in [0.2, 0.25) is 11.8 Å². The first-order valence-corrected chi connectivity index (χ1v) is 10.9. The third-order valence-corrected chi connectivity index (χ3v) is 6.23. The van der Waals surface area contributed by atoms with Gasteiger partial charge in [-0.05, 0) is 43.9 Å². The number of hydrogen-bond acceptors (Lipinski definition) is 6. The number of amides is 1. The number of aromatic nitrogens is 3. The highest BCUT2D eigenvalue weighted by molar-refractivity contribution is 5.92. The maximum Gasteiger partial charge on any atom is 0.250 e. The number of primary amides is 1. The van der Waals surface area contributed by atoms with Crippen molar-refractivity contribution in [2.45, 2.75) is 37.8 Å². The molecule has 2 fully saturated rings. The van der Waals surface area contributed by atoms with Gasteiger partial charge in [0, 0.05) is 43.8 Å². The number of morpholine rings is 1. The van der Waals surface area contributed by atoms with E-state index in [0.29, 0.717) is 30.7 Å². The first-order chi connectivity index (χ1) is 15.2. The monoisotopic (exact) mass is 421 g/mol. The predicted octanol–water partition coefficient (Wildman–Crippen LogP) is 2.93. The summed E-state index contributed by atoms with van der Waals surface area (Å²) in [6.07, 6.45) is 9.53. The molecule has 162 valence electrons. The van der Waals surface area contributed by atoms with Gasteiger partial charge in [-0.3, -0.25) is 9.78 Å². The van der Waals surface area contributed by atoms with Crippen LogP contribution in [0, 0.1) is 0 Å². The molecule has 1 saturated heterocycles. The van der Waals surface area contributed by atoms with Gasteiger partial charge >= 0.3 is 0 Å². The zero-order valence-electron chi connectivity index (χ0n) is 17.4. The molecule has 2 N–H and O–H groups in total. The van der Waals surface area contributed by atoms with Crippen LogP contribution < -0.4 is 15.4 Å². The molecule has 1 saturated carbocycles. The minimum Gasteiger partial charge on any atom is -0.474 e. The Labute approximate surface area is 181 Å². The third-order valence-electron chi connectivity index (χ3n) is 6.23. The zero-order chi connectivity index (χ0) is 21.2. The van der Waals surface area contributed by atoms with Crippen molar-refractivity contribution in [2.75, 3.05) is 31.2 Å². The number of carbonyl (C=O) groups is 1. The maximum atomic E-state index is 11.4. The highest BCUT2D eigenvalue weighted by Gasteiger charge is 2.25. The quantitative estimate of drug-likeness (QED) is 0.681. The van der Waals surface area contributed by atoms with Crippen molar-refractivity contribution in [2.24, 2.45) is 5.73 Å². The second-order valence-corrected chi connectivity index (χ2v) is 8.22. The molecule has 0 bridgehead atoms. The molecule has 0 spiro atoms. The Balaban J connectivity index is 1.31. The summed E-state index contributed by atoms with van der Waals surface area (Å²) in [5.74, 6) is 1.17. The van der Waals surface area contributed by atoms with Crippen LogP contribution in [0.1, 0.15) is 42.1 Å². The summed E-state index contributed by atoms with van der Waals surface area (Å²) >= 11 is 0. The number of rotatable bonds is 5. The van der Waals surface area contributed by atoms with Gasteiger partial charge in [0.05, 0.1) is 29.7 Å².